The Morgan fingerprint density at radius 3 is 2.44 bits per heavy atom. The van der Waals surface area contributed by atoms with Gasteiger partial charge in [0, 0.05) is 11.6 Å². The van der Waals surface area contributed by atoms with E-state index in [0.717, 1.165) is 11.1 Å². The molecule has 124 valence electrons. The van der Waals surface area contributed by atoms with Crippen LogP contribution in [-0.2, 0) is 0 Å². The maximum atomic E-state index is 6.27. The lowest BCUT2D eigenvalue weighted by atomic mass is 10.1. The van der Waals surface area contributed by atoms with Crippen molar-refractivity contribution >= 4 is 22.6 Å². The summed E-state index contributed by atoms with van der Waals surface area (Å²) < 4.78 is 10.9. The molecule has 4 rings (SSSR count). The molecular weight excluding hydrogens is 340 g/mol. The Kier molecular flexibility index (Phi) is 3.82. The van der Waals surface area contributed by atoms with Gasteiger partial charge in [-0.15, -0.1) is 10.2 Å². The smallest absolute Gasteiger partial charge is 0.269 e. The second-order valence-electron chi connectivity index (χ2n) is 5.50. The van der Waals surface area contributed by atoms with Crippen molar-refractivity contribution in [3.05, 3.63) is 53.2 Å². The molecule has 0 aliphatic heterocycles. The van der Waals surface area contributed by atoms with Crippen molar-refractivity contribution in [1.29, 1.82) is 0 Å². The number of aryl methyl sites for hydroxylation is 1. The maximum Gasteiger partial charge on any atom is 0.269 e. The second kappa shape index (κ2) is 6.14. The van der Waals surface area contributed by atoms with Gasteiger partial charge in [-0.3, -0.25) is 0 Å². The summed E-state index contributed by atoms with van der Waals surface area (Å²) in [6.07, 6.45) is 0. The van der Waals surface area contributed by atoms with E-state index in [1.807, 2.05) is 31.2 Å². The summed E-state index contributed by atoms with van der Waals surface area (Å²) in [5, 5.41) is 8.33. The number of hydrogen-bond acceptors (Lipinski definition) is 6. The number of halogens is 1. The minimum atomic E-state index is 0.194. The van der Waals surface area contributed by atoms with Gasteiger partial charge in [0.15, 0.2) is 10.8 Å². The number of methoxy groups -OCH3 is 1. The summed E-state index contributed by atoms with van der Waals surface area (Å²) in [6, 6.07) is 13.2. The van der Waals surface area contributed by atoms with Gasteiger partial charge in [-0.2, -0.15) is 0 Å². The first-order valence-electron chi connectivity index (χ1n) is 7.56. The van der Waals surface area contributed by atoms with Gasteiger partial charge in [-0.1, -0.05) is 29.3 Å². The third kappa shape index (κ3) is 2.92. The van der Waals surface area contributed by atoms with Gasteiger partial charge in [0.25, 0.3) is 5.89 Å². The predicted molar refractivity (Wildman–Crippen MR) is 94.6 cm³/mol. The fourth-order valence-electron chi connectivity index (χ4n) is 2.41. The average molecular weight is 353 g/mol. The monoisotopic (exact) mass is 352 g/mol. The molecule has 0 N–H and O–H groups in total. The van der Waals surface area contributed by atoms with E-state index in [0.29, 0.717) is 28.4 Å². The zero-order chi connectivity index (χ0) is 17.4. The molecule has 0 aliphatic carbocycles. The molecule has 0 saturated carbocycles. The zero-order valence-corrected chi connectivity index (χ0v) is 14.3. The van der Waals surface area contributed by atoms with Crippen molar-refractivity contribution < 1.29 is 9.15 Å². The Bertz CT molecular complexity index is 1060. The first-order valence-corrected chi connectivity index (χ1v) is 7.94. The van der Waals surface area contributed by atoms with E-state index in [9.17, 15) is 0 Å². The SMILES string of the molecule is COc1ccc2nc(-c3nnc(-c4ccc(C)cc4)o3)c(Cl)nc2c1. The second-order valence-corrected chi connectivity index (χ2v) is 5.85. The van der Waals surface area contributed by atoms with Gasteiger partial charge >= 0.3 is 0 Å². The molecule has 0 unspecified atom stereocenters. The van der Waals surface area contributed by atoms with E-state index in [2.05, 4.69) is 20.2 Å². The molecule has 0 bridgehead atoms. The van der Waals surface area contributed by atoms with Crippen LogP contribution in [0.4, 0.5) is 0 Å². The molecule has 0 amide bonds. The van der Waals surface area contributed by atoms with Crippen LogP contribution in [0.2, 0.25) is 5.15 Å². The van der Waals surface area contributed by atoms with E-state index in [1.165, 1.54) is 0 Å². The molecule has 25 heavy (non-hydrogen) atoms. The number of benzene rings is 2. The van der Waals surface area contributed by atoms with Crippen LogP contribution in [0.15, 0.2) is 46.9 Å². The Morgan fingerprint density at radius 1 is 0.920 bits per heavy atom. The molecule has 6 nitrogen and oxygen atoms in total. The fraction of sp³-hybridized carbons (Fsp3) is 0.111. The highest BCUT2D eigenvalue weighted by Crippen LogP contribution is 2.29. The number of rotatable bonds is 3. The van der Waals surface area contributed by atoms with E-state index in [1.54, 1.807) is 25.3 Å². The Balaban J connectivity index is 1.77. The minimum absolute atomic E-state index is 0.194. The highest BCUT2D eigenvalue weighted by Gasteiger charge is 2.17. The topological polar surface area (TPSA) is 73.9 Å². The van der Waals surface area contributed by atoms with E-state index >= 15 is 0 Å². The van der Waals surface area contributed by atoms with Crippen molar-refractivity contribution in [3.63, 3.8) is 0 Å². The predicted octanol–water partition coefficient (Wildman–Crippen LogP) is 4.32. The highest BCUT2D eigenvalue weighted by molar-refractivity contribution is 6.32. The fourth-order valence-corrected chi connectivity index (χ4v) is 2.62. The molecule has 0 spiro atoms. The lowest BCUT2D eigenvalue weighted by Crippen LogP contribution is -1.92. The molecule has 2 aromatic heterocycles. The molecule has 0 radical (unpaired) electrons. The highest BCUT2D eigenvalue weighted by atomic mass is 35.5. The summed E-state index contributed by atoms with van der Waals surface area (Å²) in [5.74, 6) is 1.32. The van der Waals surface area contributed by atoms with Crippen molar-refractivity contribution in [2.75, 3.05) is 7.11 Å². The van der Waals surface area contributed by atoms with Gasteiger partial charge in [-0.05, 0) is 31.2 Å². The Labute approximate surface area is 148 Å². The third-order valence-corrected chi connectivity index (χ3v) is 4.02. The molecule has 2 heterocycles. The van der Waals surface area contributed by atoms with Crippen LogP contribution in [0.3, 0.4) is 0 Å². The molecule has 0 aliphatic rings. The zero-order valence-electron chi connectivity index (χ0n) is 13.5. The van der Waals surface area contributed by atoms with Crippen LogP contribution < -0.4 is 4.74 Å². The number of ether oxygens (including phenoxy) is 1. The standard InChI is InChI=1S/C18H13ClN4O2/c1-10-3-5-11(6-4-10)17-22-23-18(25-17)15-16(19)21-14-9-12(24-2)7-8-13(14)20-15/h3-9H,1-2H3. The molecule has 0 fully saturated rings. The average Bonchev–Trinajstić information content (AvgIpc) is 3.11. The normalized spacial score (nSPS) is 11.0. The third-order valence-electron chi connectivity index (χ3n) is 3.75. The maximum absolute atomic E-state index is 6.27. The summed E-state index contributed by atoms with van der Waals surface area (Å²) >= 11 is 6.27. The molecule has 2 aromatic carbocycles. The summed E-state index contributed by atoms with van der Waals surface area (Å²) in [6.45, 7) is 2.02. The van der Waals surface area contributed by atoms with E-state index in [-0.39, 0.29) is 11.0 Å². The lowest BCUT2D eigenvalue weighted by Gasteiger charge is -2.04. The van der Waals surface area contributed by atoms with Gasteiger partial charge < -0.3 is 9.15 Å². The first kappa shape index (κ1) is 15.5. The van der Waals surface area contributed by atoms with Crippen LogP contribution >= 0.6 is 11.6 Å². The van der Waals surface area contributed by atoms with Gasteiger partial charge in [-0.25, -0.2) is 9.97 Å². The number of aromatic nitrogens is 4. The Morgan fingerprint density at radius 2 is 1.68 bits per heavy atom. The van der Waals surface area contributed by atoms with Crippen molar-refractivity contribution in [2.45, 2.75) is 6.92 Å². The minimum Gasteiger partial charge on any atom is -0.497 e. The molecular formula is C18H13ClN4O2. The lowest BCUT2D eigenvalue weighted by molar-refractivity contribution is 0.415. The van der Waals surface area contributed by atoms with Crippen LogP contribution in [0, 0.1) is 6.92 Å². The summed E-state index contributed by atoms with van der Waals surface area (Å²) in [5.41, 5.74) is 3.63. The Hall–Kier alpha value is -2.99. The molecule has 4 aromatic rings. The van der Waals surface area contributed by atoms with E-state index in [4.69, 9.17) is 20.8 Å². The van der Waals surface area contributed by atoms with Crippen LogP contribution in [0.25, 0.3) is 34.1 Å². The molecule has 7 heteroatoms. The number of nitrogens with zero attached hydrogens (tertiary/aromatic N) is 4. The van der Waals surface area contributed by atoms with Crippen LogP contribution in [0.1, 0.15) is 5.56 Å². The first-order chi connectivity index (χ1) is 12.1. The van der Waals surface area contributed by atoms with Gasteiger partial charge in [0.05, 0.1) is 18.1 Å². The molecule has 0 atom stereocenters. The van der Waals surface area contributed by atoms with Crippen molar-refractivity contribution in [2.24, 2.45) is 0 Å². The van der Waals surface area contributed by atoms with Crippen molar-refractivity contribution in [1.82, 2.24) is 20.2 Å². The number of hydrogen-bond donors (Lipinski definition) is 0. The van der Waals surface area contributed by atoms with Crippen LogP contribution in [-0.4, -0.2) is 27.3 Å². The largest absolute Gasteiger partial charge is 0.497 e. The van der Waals surface area contributed by atoms with Gasteiger partial charge in [0.1, 0.15) is 5.75 Å². The quantitative estimate of drug-likeness (QED) is 0.546. The van der Waals surface area contributed by atoms with Crippen molar-refractivity contribution in [3.8, 4) is 28.8 Å². The summed E-state index contributed by atoms with van der Waals surface area (Å²) in [7, 11) is 1.59. The van der Waals surface area contributed by atoms with E-state index < -0.39 is 0 Å². The van der Waals surface area contributed by atoms with Crippen LogP contribution in [0.5, 0.6) is 5.75 Å². The van der Waals surface area contributed by atoms with Gasteiger partial charge in [0.2, 0.25) is 5.89 Å². The molecule has 0 saturated heterocycles. The summed E-state index contributed by atoms with van der Waals surface area (Å²) in [4.78, 5) is 8.84. The number of fused-ring (bicyclic) bond motifs is 1.